The van der Waals surface area contributed by atoms with Crippen LogP contribution in [0.2, 0.25) is 0 Å². The van der Waals surface area contributed by atoms with Crippen molar-refractivity contribution in [1.82, 2.24) is 4.31 Å². The molecule has 2 aliphatic rings. The molecule has 1 heterocycles. The molecule has 1 aromatic rings. The summed E-state index contributed by atoms with van der Waals surface area (Å²) in [4.78, 5) is 12.6. The number of alkyl halides is 3. The van der Waals surface area contributed by atoms with E-state index in [1.807, 2.05) is 0 Å². The van der Waals surface area contributed by atoms with Gasteiger partial charge in [-0.1, -0.05) is 32.1 Å². The van der Waals surface area contributed by atoms with Gasteiger partial charge in [-0.3, -0.25) is 4.79 Å². The highest BCUT2D eigenvalue weighted by Gasteiger charge is 2.31. The first-order valence-electron chi connectivity index (χ1n) is 10.8. The van der Waals surface area contributed by atoms with E-state index >= 15 is 0 Å². The Morgan fingerprint density at radius 1 is 1.03 bits per heavy atom. The van der Waals surface area contributed by atoms with Gasteiger partial charge in [-0.05, 0) is 43.9 Å². The molecule has 31 heavy (non-hydrogen) atoms. The molecule has 0 bridgehead atoms. The van der Waals surface area contributed by atoms with Gasteiger partial charge < -0.3 is 10.1 Å². The molecule has 1 aliphatic carbocycles. The van der Waals surface area contributed by atoms with Crippen molar-refractivity contribution in [3.05, 3.63) is 18.2 Å². The van der Waals surface area contributed by atoms with Gasteiger partial charge in [0.1, 0.15) is 5.75 Å². The molecule has 0 radical (unpaired) electrons. The average molecular weight is 463 g/mol. The maximum atomic E-state index is 13.1. The highest BCUT2D eigenvalue weighted by atomic mass is 32.2. The minimum absolute atomic E-state index is 0.0456. The van der Waals surface area contributed by atoms with Crippen LogP contribution in [0.3, 0.4) is 0 Å². The van der Waals surface area contributed by atoms with Gasteiger partial charge in [-0.2, -0.15) is 17.5 Å². The van der Waals surface area contributed by atoms with Crippen molar-refractivity contribution in [1.29, 1.82) is 0 Å². The molecule has 1 N–H and O–H groups in total. The number of anilines is 1. The summed E-state index contributed by atoms with van der Waals surface area (Å²) in [6, 6.07) is 3.64. The van der Waals surface area contributed by atoms with Crippen LogP contribution in [0.25, 0.3) is 0 Å². The SMILES string of the molecule is O=C(Nc1cc(S(=O)(=O)N2CCCCCC2)ccc1OCC(F)(F)F)C1CCCCC1. The Balaban J connectivity index is 1.87. The molecule has 0 atom stereocenters. The van der Waals surface area contributed by atoms with Gasteiger partial charge in [-0.15, -0.1) is 0 Å². The number of carbonyl (C=O) groups excluding carboxylic acids is 1. The summed E-state index contributed by atoms with van der Waals surface area (Å²) < 4.78 is 70.5. The van der Waals surface area contributed by atoms with E-state index in [2.05, 4.69) is 5.32 Å². The molecule has 1 aliphatic heterocycles. The van der Waals surface area contributed by atoms with Gasteiger partial charge in [0.15, 0.2) is 6.61 Å². The quantitative estimate of drug-likeness (QED) is 0.664. The molecular weight excluding hydrogens is 433 g/mol. The van der Waals surface area contributed by atoms with E-state index in [9.17, 15) is 26.4 Å². The molecule has 0 unspecified atom stereocenters. The van der Waals surface area contributed by atoms with Gasteiger partial charge in [0.05, 0.1) is 10.6 Å². The number of carbonyl (C=O) groups is 1. The summed E-state index contributed by atoms with van der Waals surface area (Å²) in [5, 5.41) is 2.63. The van der Waals surface area contributed by atoms with Crippen molar-refractivity contribution in [2.45, 2.75) is 68.9 Å². The molecule has 6 nitrogen and oxygen atoms in total. The molecule has 1 saturated heterocycles. The second-order valence-electron chi connectivity index (χ2n) is 8.20. The summed E-state index contributed by atoms with van der Waals surface area (Å²) >= 11 is 0. The second kappa shape index (κ2) is 10.2. The summed E-state index contributed by atoms with van der Waals surface area (Å²) in [6.07, 6.45) is 3.17. The predicted octanol–water partition coefficient (Wildman–Crippen LogP) is 4.71. The standard InChI is InChI=1S/C21H29F3N2O4S/c22-21(23,24)15-30-19-11-10-17(31(28,29)26-12-6-1-2-7-13-26)14-18(19)25-20(27)16-8-4-3-5-9-16/h10-11,14,16H,1-9,12-13,15H2,(H,25,27). The van der Waals surface area contributed by atoms with Crippen molar-refractivity contribution in [2.24, 2.45) is 5.92 Å². The van der Waals surface area contributed by atoms with Crippen LogP contribution in [0.15, 0.2) is 23.1 Å². The first-order valence-corrected chi connectivity index (χ1v) is 12.3. The first-order chi connectivity index (χ1) is 14.7. The molecule has 1 saturated carbocycles. The zero-order chi connectivity index (χ0) is 22.5. The third kappa shape index (κ3) is 6.58. The van der Waals surface area contributed by atoms with E-state index in [0.29, 0.717) is 25.9 Å². The lowest BCUT2D eigenvalue weighted by atomic mass is 9.88. The Morgan fingerprint density at radius 2 is 1.65 bits per heavy atom. The summed E-state index contributed by atoms with van der Waals surface area (Å²) in [6.45, 7) is -0.728. The number of sulfonamides is 1. The van der Waals surface area contributed by atoms with E-state index < -0.39 is 22.8 Å². The molecule has 2 fully saturated rings. The third-order valence-corrected chi connectivity index (χ3v) is 7.67. The van der Waals surface area contributed by atoms with Crippen molar-refractivity contribution in [2.75, 3.05) is 25.0 Å². The number of hydrogen-bond acceptors (Lipinski definition) is 4. The number of ether oxygens (including phenoxy) is 1. The van der Waals surface area contributed by atoms with Gasteiger partial charge in [0.25, 0.3) is 0 Å². The molecule has 3 rings (SSSR count). The maximum Gasteiger partial charge on any atom is 0.422 e. The topological polar surface area (TPSA) is 75.7 Å². The number of hydrogen-bond donors (Lipinski definition) is 1. The van der Waals surface area contributed by atoms with Gasteiger partial charge >= 0.3 is 6.18 Å². The Morgan fingerprint density at radius 3 is 2.26 bits per heavy atom. The van der Waals surface area contributed by atoms with E-state index in [0.717, 1.165) is 44.9 Å². The smallest absolute Gasteiger partial charge is 0.422 e. The molecule has 0 aromatic heterocycles. The van der Waals surface area contributed by atoms with Crippen LogP contribution < -0.4 is 10.1 Å². The summed E-state index contributed by atoms with van der Waals surface area (Å²) in [7, 11) is -3.82. The zero-order valence-corrected chi connectivity index (χ0v) is 18.2. The molecular formula is C21H29F3N2O4S. The van der Waals surface area contributed by atoms with Crippen LogP contribution in [0.1, 0.15) is 57.8 Å². The Labute approximate surface area is 181 Å². The lowest BCUT2D eigenvalue weighted by Crippen LogP contribution is -2.32. The largest absolute Gasteiger partial charge is 0.482 e. The van der Waals surface area contributed by atoms with Gasteiger partial charge in [0, 0.05) is 19.0 Å². The number of benzene rings is 1. The van der Waals surface area contributed by atoms with Crippen LogP contribution in [-0.2, 0) is 14.8 Å². The van der Waals surface area contributed by atoms with Crippen molar-refractivity contribution < 1.29 is 31.1 Å². The monoisotopic (exact) mass is 462 g/mol. The van der Waals surface area contributed by atoms with Crippen LogP contribution in [-0.4, -0.2) is 44.5 Å². The van der Waals surface area contributed by atoms with Crippen LogP contribution in [0.4, 0.5) is 18.9 Å². The Bertz CT molecular complexity index is 860. The molecule has 10 heteroatoms. The zero-order valence-electron chi connectivity index (χ0n) is 17.4. The van der Waals surface area contributed by atoms with Crippen LogP contribution in [0.5, 0.6) is 5.75 Å². The van der Waals surface area contributed by atoms with Crippen molar-refractivity contribution >= 4 is 21.6 Å². The first kappa shape index (κ1) is 23.8. The minimum atomic E-state index is -4.55. The molecule has 174 valence electrons. The van der Waals surface area contributed by atoms with Gasteiger partial charge in [0.2, 0.25) is 15.9 Å². The Hall–Kier alpha value is -1.81. The van der Waals surface area contributed by atoms with Crippen LogP contribution in [0, 0.1) is 5.92 Å². The number of halogens is 3. The second-order valence-corrected chi connectivity index (χ2v) is 10.1. The fraction of sp³-hybridized carbons (Fsp3) is 0.667. The van der Waals surface area contributed by atoms with E-state index in [-0.39, 0.29) is 28.2 Å². The fourth-order valence-corrected chi connectivity index (χ4v) is 5.63. The van der Waals surface area contributed by atoms with Crippen molar-refractivity contribution in [3.8, 4) is 5.75 Å². The fourth-order valence-electron chi connectivity index (χ4n) is 4.08. The number of rotatable bonds is 6. The molecule has 0 spiro atoms. The van der Waals surface area contributed by atoms with E-state index in [1.54, 1.807) is 0 Å². The van der Waals surface area contributed by atoms with Crippen LogP contribution >= 0.6 is 0 Å². The highest BCUT2D eigenvalue weighted by molar-refractivity contribution is 7.89. The van der Waals surface area contributed by atoms with Crippen molar-refractivity contribution in [3.63, 3.8) is 0 Å². The maximum absolute atomic E-state index is 13.1. The van der Waals surface area contributed by atoms with E-state index in [4.69, 9.17) is 4.74 Å². The highest BCUT2D eigenvalue weighted by Crippen LogP contribution is 2.33. The lowest BCUT2D eigenvalue weighted by Gasteiger charge is -2.23. The number of amides is 1. The average Bonchev–Trinajstić information content (AvgIpc) is 3.03. The minimum Gasteiger partial charge on any atom is -0.482 e. The predicted molar refractivity (Wildman–Crippen MR) is 110 cm³/mol. The third-order valence-electron chi connectivity index (χ3n) is 5.78. The Kier molecular flexibility index (Phi) is 7.85. The number of nitrogens with zero attached hydrogens (tertiary/aromatic N) is 1. The normalized spacial score (nSPS) is 19.6. The lowest BCUT2D eigenvalue weighted by molar-refractivity contribution is -0.153. The van der Waals surface area contributed by atoms with Gasteiger partial charge in [-0.25, -0.2) is 8.42 Å². The summed E-state index contributed by atoms with van der Waals surface area (Å²) in [5.41, 5.74) is -0.0456. The molecule has 1 aromatic carbocycles. The number of nitrogens with one attached hydrogen (secondary N) is 1. The molecule has 1 amide bonds. The summed E-state index contributed by atoms with van der Waals surface area (Å²) in [5.74, 6) is -0.757. The van der Waals surface area contributed by atoms with E-state index in [1.165, 1.54) is 22.5 Å².